The zero-order valence-corrected chi connectivity index (χ0v) is 9.45. The van der Waals surface area contributed by atoms with E-state index in [4.69, 9.17) is 5.26 Å². The minimum atomic E-state index is 0.413. The molecule has 0 spiro atoms. The van der Waals surface area contributed by atoms with E-state index in [9.17, 15) is 0 Å². The number of unbranched alkanes of at least 4 members (excludes halogenated alkanes) is 2. The summed E-state index contributed by atoms with van der Waals surface area (Å²) in [6, 6.07) is 12.2. The highest BCUT2D eigenvalue weighted by Gasteiger charge is 2.04. The van der Waals surface area contributed by atoms with Gasteiger partial charge in [0.25, 0.3) is 0 Å². The summed E-state index contributed by atoms with van der Waals surface area (Å²) in [5, 5.41) is 8.70. The van der Waals surface area contributed by atoms with Crippen molar-refractivity contribution in [1.82, 2.24) is 0 Å². The highest BCUT2D eigenvalue weighted by Crippen LogP contribution is 2.24. The maximum Gasteiger partial charge on any atom is 0.0672 e. The van der Waals surface area contributed by atoms with E-state index in [-0.39, 0.29) is 0 Å². The lowest BCUT2D eigenvalue weighted by Crippen LogP contribution is -1.97. The van der Waals surface area contributed by atoms with Crippen molar-refractivity contribution in [1.29, 1.82) is 5.26 Å². The Morgan fingerprint density at radius 1 is 1.27 bits per heavy atom. The molecule has 76 valence electrons. The van der Waals surface area contributed by atoms with Gasteiger partial charge >= 0.3 is 0 Å². The molecule has 1 aromatic rings. The van der Waals surface area contributed by atoms with Gasteiger partial charge in [0, 0.05) is 10.1 Å². The van der Waals surface area contributed by atoms with Gasteiger partial charge in [-0.3, -0.25) is 0 Å². The van der Waals surface area contributed by atoms with Gasteiger partial charge in [-0.1, -0.05) is 25.1 Å². The van der Waals surface area contributed by atoms with Crippen LogP contribution >= 0.6 is 11.8 Å². The van der Waals surface area contributed by atoms with Crippen molar-refractivity contribution in [3.63, 3.8) is 0 Å². The molecule has 0 N–H and O–H groups in total. The molecule has 1 aromatic carbocycles. The van der Waals surface area contributed by atoms with Crippen LogP contribution in [0.2, 0.25) is 0 Å². The molecular weight excluding hydrogens is 202 g/mol. The third-order valence-electron chi connectivity index (χ3n) is 1.73. The normalized spacial score (nSPS) is 12.0. The molecule has 0 aliphatic heterocycles. The first-order valence-corrected chi connectivity index (χ1v) is 5.65. The molecule has 1 nitrogen and oxygen atoms in total. The molecule has 1 atom stereocenters. The van der Waals surface area contributed by atoms with Crippen LogP contribution < -0.4 is 0 Å². The van der Waals surface area contributed by atoms with E-state index in [2.05, 4.69) is 25.5 Å². The van der Waals surface area contributed by atoms with Crippen LogP contribution in [0.15, 0.2) is 35.2 Å². The van der Waals surface area contributed by atoms with Crippen molar-refractivity contribution in [2.75, 3.05) is 0 Å². The molecule has 0 saturated heterocycles. The number of rotatable bonds is 6. The summed E-state index contributed by atoms with van der Waals surface area (Å²) in [6.07, 6.45) is 7.20. The van der Waals surface area contributed by atoms with Crippen LogP contribution in [0.5, 0.6) is 0 Å². The van der Waals surface area contributed by atoms with Crippen molar-refractivity contribution in [3.8, 4) is 6.07 Å². The highest BCUT2D eigenvalue weighted by atomic mass is 32.2. The standard InChI is InChI=1S/C13H13NS/c1-12(8-4-3-7-11-14)15-13-9-5-2-6-10-13/h2-10,12H,1H3/t12-/m1/s1. The second kappa shape index (κ2) is 7.36. The zero-order valence-electron chi connectivity index (χ0n) is 8.63. The molecule has 0 aliphatic rings. The van der Waals surface area contributed by atoms with Crippen molar-refractivity contribution in [3.05, 3.63) is 56.0 Å². The van der Waals surface area contributed by atoms with Gasteiger partial charge in [0.1, 0.15) is 0 Å². The molecule has 15 heavy (non-hydrogen) atoms. The van der Waals surface area contributed by atoms with Crippen LogP contribution in [-0.2, 0) is 0 Å². The summed E-state index contributed by atoms with van der Waals surface area (Å²) in [7, 11) is 0. The van der Waals surface area contributed by atoms with Gasteiger partial charge in [0.2, 0.25) is 0 Å². The summed E-state index contributed by atoms with van der Waals surface area (Å²) in [5.41, 5.74) is 0. The molecule has 0 bridgehead atoms. The fraction of sp³-hybridized carbons (Fsp3) is 0.154. The maximum absolute atomic E-state index is 8.29. The fourth-order valence-electron chi connectivity index (χ4n) is 1.07. The predicted octanol–water partition coefficient (Wildman–Crippen LogP) is 3.51. The van der Waals surface area contributed by atoms with Crippen LogP contribution in [0.1, 0.15) is 6.92 Å². The van der Waals surface area contributed by atoms with Crippen LogP contribution in [0.4, 0.5) is 0 Å². The molecule has 0 amide bonds. The van der Waals surface area contributed by atoms with Crippen molar-refractivity contribution in [2.45, 2.75) is 17.1 Å². The molecule has 2 heteroatoms. The Morgan fingerprint density at radius 2 is 2.00 bits per heavy atom. The number of benzene rings is 1. The Morgan fingerprint density at radius 3 is 2.67 bits per heavy atom. The molecular formula is C13H13NS. The third kappa shape index (κ3) is 5.49. The second-order valence-corrected chi connectivity index (χ2v) is 4.46. The quantitative estimate of drug-likeness (QED) is 0.535. The lowest BCUT2D eigenvalue weighted by atomic mass is 10.2. The Hall–Kier alpha value is -0.940. The average molecular weight is 215 g/mol. The van der Waals surface area contributed by atoms with Crippen LogP contribution in [0.3, 0.4) is 0 Å². The summed E-state index contributed by atoms with van der Waals surface area (Å²) >= 11 is 1.80. The van der Waals surface area contributed by atoms with Crippen molar-refractivity contribution >= 4 is 11.8 Å². The Bertz CT molecular complexity index is 302. The largest absolute Gasteiger partial charge is 0.198 e. The van der Waals surface area contributed by atoms with Gasteiger partial charge in [-0.05, 0) is 31.4 Å². The average Bonchev–Trinajstić information content (AvgIpc) is 2.26. The van der Waals surface area contributed by atoms with Gasteiger partial charge in [-0.25, -0.2) is 0 Å². The van der Waals surface area contributed by atoms with Gasteiger partial charge < -0.3 is 0 Å². The third-order valence-corrected chi connectivity index (χ3v) is 2.80. The van der Waals surface area contributed by atoms with E-state index < -0.39 is 0 Å². The van der Waals surface area contributed by atoms with Gasteiger partial charge in [0.05, 0.1) is 12.5 Å². The summed E-state index contributed by atoms with van der Waals surface area (Å²) in [6.45, 7) is 2.13. The summed E-state index contributed by atoms with van der Waals surface area (Å²) in [5.74, 6) is 0. The molecule has 0 saturated carbocycles. The zero-order chi connectivity index (χ0) is 10.9. The summed E-state index contributed by atoms with van der Waals surface area (Å²) < 4.78 is 0. The van der Waals surface area contributed by atoms with E-state index in [1.807, 2.05) is 30.7 Å². The molecule has 0 fully saturated rings. The van der Waals surface area contributed by atoms with Gasteiger partial charge in [-0.2, -0.15) is 5.26 Å². The van der Waals surface area contributed by atoms with Crippen LogP contribution in [0, 0.1) is 37.0 Å². The number of hydrogen-bond donors (Lipinski definition) is 0. The van der Waals surface area contributed by atoms with Gasteiger partial charge in [-0.15, -0.1) is 11.8 Å². The fourth-order valence-corrected chi connectivity index (χ4v) is 1.99. The van der Waals surface area contributed by atoms with E-state index in [1.165, 1.54) is 11.3 Å². The topological polar surface area (TPSA) is 23.8 Å². The molecule has 4 radical (unpaired) electrons. The Labute approximate surface area is 96.5 Å². The SMILES string of the molecule is C[C@H]([CH][CH][CH][CH]C#N)Sc1ccccc1. The summed E-state index contributed by atoms with van der Waals surface area (Å²) in [4.78, 5) is 1.26. The smallest absolute Gasteiger partial charge is 0.0672 e. The van der Waals surface area contributed by atoms with Crippen LogP contribution in [-0.4, -0.2) is 5.25 Å². The lowest BCUT2D eigenvalue weighted by Gasteiger charge is -2.09. The molecule has 0 unspecified atom stereocenters. The minimum Gasteiger partial charge on any atom is -0.198 e. The van der Waals surface area contributed by atoms with Crippen molar-refractivity contribution in [2.24, 2.45) is 0 Å². The first-order chi connectivity index (χ1) is 7.33. The Balaban J connectivity index is 2.19. The van der Waals surface area contributed by atoms with Crippen LogP contribution in [0.25, 0.3) is 0 Å². The number of nitriles is 1. The number of thioether (sulfide) groups is 1. The molecule has 0 heterocycles. The van der Waals surface area contributed by atoms with Gasteiger partial charge in [0.15, 0.2) is 0 Å². The van der Waals surface area contributed by atoms with Crippen molar-refractivity contribution < 1.29 is 0 Å². The maximum atomic E-state index is 8.29. The van der Waals surface area contributed by atoms with E-state index >= 15 is 0 Å². The molecule has 0 aromatic heterocycles. The van der Waals surface area contributed by atoms with E-state index in [1.54, 1.807) is 18.2 Å². The molecule has 1 rings (SSSR count). The number of nitrogens with zero attached hydrogens (tertiary/aromatic N) is 1. The van der Waals surface area contributed by atoms with E-state index in [0.29, 0.717) is 5.25 Å². The van der Waals surface area contributed by atoms with E-state index in [0.717, 1.165) is 0 Å². The predicted molar refractivity (Wildman–Crippen MR) is 64.6 cm³/mol. The molecule has 0 aliphatic carbocycles. The first-order valence-electron chi connectivity index (χ1n) is 4.77. The highest BCUT2D eigenvalue weighted by molar-refractivity contribution is 8.00. The number of hydrogen-bond acceptors (Lipinski definition) is 2. The lowest BCUT2D eigenvalue weighted by molar-refractivity contribution is 1.12. The first kappa shape index (κ1) is 12.1. The second-order valence-electron chi connectivity index (χ2n) is 3.01. The minimum absolute atomic E-state index is 0.413. The monoisotopic (exact) mass is 215 g/mol. The Kier molecular flexibility index (Phi) is 5.96.